The SMILES string of the molecule is CC(C)(C)[C@@H](C(=O)N1C[C@H](O)C[C@H]1C(=O)N[C@@H](CN1CCOCC1)c1ccc(-c2ccccn2)cc1)n1cc(C2CCC(CN3CCC(c4ccc5c(c4)-n4c(nc(=O)c6c(Cl)cccc64)C54CCCCC4)CC3)CC2)nn1. The first-order chi connectivity index (χ1) is 37.8. The molecule has 16 heteroatoms. The number of nitrogens with one attached hydrogen (secondary N) is 1. The van der Waals surface area contributed by atoms with Crippen molar-refractivity contribution < 1.29 is 19.4 Å². The summed E-state index contributed by atoms with van der Waals surface area (Å²) >= 11 is 6.66. The van der Waals surface area contributed by atoms with Crippen LogP contribution in [0.25, 0.3) is 27.8 Å². The highest BCUT2D eigenvalue weighted by molar-refractivity contribution is 6.35. The maximum absolute atomic E-state index is 14.9. The van der Waals surface area contributed by atoms with Gasteiger partial charge in [0.25, 0.3) is 5.56 Å². The average molecular weight is 1080 g/mol. The topological polar surface area (TPSA) is 164 Å². The fourth-order valence-corrected chi connectivity index (χ4v) is 14.6. The third-order valence-corrected chi connectivity index (χ3v) is 18.8. The summed E-state index contributed by atoms with van der Waals surface area (Å²) in [6, 6.07) is 25.0. The molecule has 5 fully saturated rings. The molecule has 410 valence electrons. The summed E-state index contributed by atoms with van der Waals surface area (Å²) in [6.45, 7) is 12.7. The second kappa shape index (κ2) is 22.0. The number of likely N-dealkylation sites (tertiary alicyclic amines) is 2. The van der Waals surface area contributed by atoms with Gasteiger partial charge in [-0.3, -0.25) is 28.8 Å². The van der Waals surface area contributed by atoms with Crippen LogP contribution >= 0.6 is 11.6 Å². The van der Waals surface area contributed by atoms with Crippen molar-refractivity contribution >= 4 is 34.3 Å². The number of benzene rings is 3. The van der Waals surface area contributed by atoms with Gasteiger partial charge in [0.1, 0.15) is 17.9 Å². The van der Waals surface area contributed by atoms with Crippen molar-refractivity contribution in [3.8, 4) is 16.9 Å². The zero-order valence-electron chi connectivity index (χ0n) is 45.5. The van der Waals surface area contributed by atoms with Crippen LogP contribution in [0.1, 0.15) is 150 Å². The van der Waals surface area contributed by atoms with Crippen molar-refractivity contribution in [3.05, 3.63) is 135 Å². The third kappa shape index (κ3) is 10.3. The predicted molar refractivity (Wildman–Crippen MR) is 302 cm³/mol. The zero-order chi connectivity index (χ0) is 53.7. The summed E-state index contributed by atoms with van der Waals surface area (Å²) in [5.41, 5.74) is 7.42. The summed E-state index contributed by atoms with van der Waals surface area (Å²) in [5.74, 6) is 1.70. The number of aliphatic hydroxyl groups is 1. The molecule has 78 heavy (non-hydrogen) atoms. The predicted octanol–water partition coefficient (Wildman–Crippen LogP) is 9.15. The van der Waals surface area contributed by atoms with Crippen LogP contribution in [0.5, 0.6) is 0 Å². The monoisotopic (exact) mass is 1070 g/mol. The van der Waals surface area contributed by atoms with E-state index in [-0.39, 0.29) is 47.7 Å². The van der Waals surface area contributed by atoms with Gasteiger partial charge >= 0.3 is 0 Å². The third-order valence-electron chi connectivity index (χ3n) is 18.5. The van der Waals surface area contributed by atoms with Crippen LogP contribution in [0.4, 0.5) is 0 Å². The molecule has 2 saturated carbocycles. The van der Waals surface area contributed by atoms with Crippen molar-refractivity contribution in [1.29, 1.82) is 0 Å². The number of ether oxygens (including phenoxy) is 1. The normalized spacial score (nSPS) is 23.8. The number of piperidine rings is 1. The van der Waals surface area contributed by atoms with Crippen molar-refractivity contribution in [2.24, 2.45) is 11.3 Å². The van der Waals surface area contributed by atoms with Gasteiger partial charge in [-0.25, -0.2) is 4.68 Å². The number of β-amino-alcohol motifs (C(OH)–C–C–N with tert-alkyl or cyclic N) is 1. The highest BCUT2D eigenvalue weighted by Gasteiger charge is 2.48. The Labute approximate surface area is 462 Å². The average Bonchev–Trinajstić information content (AvgIpc) is 4.38. The number of aromatic nitrogens is 6. The van der Waals surface area contributed by atoms with Crippen molar-refractivity contribution in [2.75, 3.05) is 59.0 Å². The molecule has 3 saturated heterocycles. The number of carbonyl (C=O) groups is 2. The van der Waals surface area contributed by atoms with Gasteiger partial charge in [-0.05, 0) is 129 Å². The molecule has 1 spiro atoms. The van der Waals surface area contributed by atoms with Gasteiger partial charge in [-0.15, -0.1) is 5.10 Å². The van der Waals surface area contributed by atoms with Crippen LogP contribution < -0.4 is 10.9 Å². The van der Waals surface area contributed by atoms with E-state index < -0.39 is 23.6 Å². The van der Waals surface area contributed by atoms with Gasteiger partial charge in [-0.2, -0.15) is 4.98 Å². The molecule has 6 aromatic rings. The first-order valence-electron chi connectivity index (χ1n) is 28.9. The number of hydrogen-bond acceptors (Lipinski definition) is 11. The van der Waals surface area contributed by atoms with Crippen LogP contribution in [-0.4, -0.2) is 132 Å². The van der Waals surface area contributed by atoms with E-state index in [1.165, 1.54) is 23.2 Å². The lowest BCUT2D eigenvalue weighted by Gasteiger charge is -2.37. The van der Waals surface area contributed by atoms with Gasteiger partial charge in [0, 0.05) is 63.0 Å². The molecule has 0 bridgehead atoms. The van der Waals surface area contributed by atoms with E-state index in [9.17, 15) is 19.5 Å². The van der Waals surface area contributed by atoms with E-state index in [1.54, 1.807) is 21.8 Å². The summed E-state index contributed by atoms with van der Waals surface area (Å²) in [4.78, 5) is 58.8. The molecule has 6 aliphatic rings. The molecular weight excluding hydrogens is 1000 g/mol. The number of fused-ring (bicyclic) bond motifs is 7. The molecule has 3 aromatic carbocycles. The number of aliphatic hydroxyl groups excluding tert-OH is 1. The van der Waals surface area contributed by atoms with E-state index in [0.717, 1.165) is 131 Å². The van der Waals surface area contributed by atoms with Gasteiger partial charge in [-0.1, -0.05) is 105 Å². The maximum Gasteiger partial charge on any atom is 0.282 e. The second-order valence-corrected chi connectivity index (χ2v) is 24.9. The minimum absolute atomic E-state index is 0.0685. The Kier molecular flexibility index (Phi) is 14.9. The Hall–Kier alpha value is -5.84. The van der Waals surface area contributed by atoms with Gasteiger partial charge in [0.05, 0.1) is 63.8 Å². The molecule has 2 N–H and O–H groups in total. The lowest BCUT2D eigenvalue weighted by Crippen LogP contribution is -2.52. The largest absolute Gasteiger partial charge is 0.391 e. The van der Waals surface area contributed by atoms with Crippen molar-refractivity contribution in [1.82, 2.24) is 49.5 Å². The Balaban J connectivity index is 0.676. The standard InChI is InChI=1S/C62H75ClN10O5/c1-61(2,3)56(59(77)71-37-46(74)35-54(71)57(75)65-50(38-70-30-32-78-33-31-70)43-19-17-42(18-20-43)49-11-5-8-27-64-49)72-39-51(67-68-72)44-15-13-40(14-16-44)36-69-28-23-41(24-29-69)45-21-22-47-53(34-45)73-52-12-9-10-48(63)55(52)58(76)66-60(73)62(47)25-6-4-7-26-62/h5,8-12,17-22,27,34,39-41,44,46,50,54,56,74H,4,6-7,13-16,23-26,28-33,35-38H2,1-3H3,(H,65,75)/t40?,44?,46-,50+,54+,56-/m1/s1. The number of pyridine rings is 1. The highest BCUT2D eigenvalue weighted by atomic mass is 35.5. The van der Waals surface area contributed by atoms with E-state index in [1.807, 2.05) is 81.6 Å². The summed E-state index contributed by atoms with van der Waals surface area (Å²) < 4.78 is 9.63. The lowest BCUT2D eigenvalue weighted by atomic mass is 9.69. The molecule has 3 aromatic heterocycles. The quantitative estimate of drug-likeness (QED) is 0.120. The number of halogens is 1. The number of carbonyl (C=O) groups excluding carboxylic acids is 2. The number of amides is 2. The van der Waals surface area contributed by atoms with Crippen LogP contribution in [0.15, 0.2) is 96.1 Å². The van der Waals surface area contributed by atoms with Crippen LogP contribution in [0, 0.1) is 11.3 Å². The highest BCUT2D eigenvalue weighted by Crippen LogP contribution is 2.52. The van der Waals surface area contributed by atoms with Crippen LogP contribution in [0.2, 0.25) is 5.02 Å². The van der Waals surface area contributed by atoms with Crippen molar-refractivity contribution in [2.45, 2.75) is 139 Å². The summed E-state index contributed by atoms with van der Waals surface area (Å²) in [5, 5.41) is 24.8. The number of nitrogens with zero attached hydrogens (tertiary/aromatic N) is 9. The first kappa shape index (κ1) is 52.8. The van der Waals surface area contributed by atoms with Gasteiger partial charge < -0.3 is 25.0 Å². The smallest absolute Gasteiger partial charge is 0.282 e. The zero-order valence-corrected chi connectivity index (χ0v) is 46.3. The second-order valence-electron chi connectivity index (χ2n) is 24.5. The Morgan fingerprint density at radius 2 is 1.64 bits per heavy atom. The molecule has 2 amide bonds. The lowest BCUT2D eigenvalue weighted by molar-refractivity contribution is -0.144. The van der Waals surface area contributed by atoms with E-state index in [4.69, 9.17) is 26.4 Å². The van der Waals surface area contributed by atoms with Crippen molar-refractivity contribution in [3.63, 3.8) is 0 Å². The molecule has 4 atom stereocenters. The molecule has 0 unspecified atom stereocenters. The minimum atomic E-state index is -0.846. The molecule has 2 aliphatic carbocycles. The van der Waals surface area contributed by atoms with Gasteiger partial charge in [0.2, 0.25) is 11.8 Å². The molecule has 7 heterocycles. The van der Waals surface area contributed by atoms with Gasteiger partial charge in [0.15, 0.2) is 0 Å². The Morgan fingerprint density at radius 1 is 0.872 bits per heavy atom. The molecular formula is C62H75ClN10O5. The Bertz CT molecular complexity index is 3180. The van der Waals surface area contributed by atoms with E-state index in [2.05, 4.69) is 48.1 Å². The molecule has 15 nitrogen and oxygen atoms in total. The Morgan fingerprint density at radius 3 is 2.37 bits per heavy atom. The summed E-state index contributed by atoms with van der Waals surface area (Å²) in [6.07, 6.45) is 15.1. The maximum atomic E-state index is 14.9. The van der Waals surface area contributed by atoms with Crippen LogP contribution in [0.3, 0.4) is 0 Å². The fourth-order valence-electron chi connectivity index (χ4n) is 14.3. The number of morpholine rings is 1. The summed E-state index contributed by atoms with van der Waals surface area (Å²) in [7, 11) is 0. The molecule has 4 aliphatic heterocycles. The first-order valence-corrected chi connectivity index (χ1v) is 29.3. The van der Waals surface area contributed by atoms with E-state index >= 15 is 0 Å². The number of hydrogen-bond donors (Lipinski definition) is 2. The minimum Gasteiger partial charge on any atom is -0.391 e. The van der Waals surface area contributed by atoms with Crippen LogP contribution in [-0.2, 0) is 19.7 Å². The number of rotatable bonds is 12. The van der Waals surface area contributed by atoms with E-state index in [0.29, 0.717) is 42.0 Å². The molecule has 12 rings (SSSR count). The molecule has 0 radical (unpaired) electrons. The fraction of sp³-hybridized carbons (Fsp3) is 0.532.